The van der Waals surface area contributed by atoms with Gasteiger partial charge in [0.2, 0.25) is 5.91 Å². The third-order valence-electron chi connectivity index (χ3n) is 8.29. The number of halogens is 2. The number of rotatable bonds is 11. The minimum absolute atomic E-state index is 0.00817. The van der Waals surface area contributed by atoms with E-state index < -0.39 is 4.92 Å². The van der Waals surface area contributed by atoms with Crippen molar-refractivity contribution >= 4 is 62.8 Å². The van der Waals surface area contributed by atoms with E-state index in [9.17, 15) is 19.7 Å². The summed E-state index contributed by atoms with van der Waals surface area (Å²) in [5.41, 5.74) is 2.55. The molecule has 5 rings (SSSR count). The molecule has 14 heteroatoms. The number of methoxy groups -OCH3 is 2. The molecule has 0 atom stereocenters. The van der Waals surface area contributed by atoms with Crippen molar-refractivity contribution in [3.8, 4) is 22.6 Å². The molecule has 0 fully saturated rings. The van der Waals surface area contributed by atoms with Gasteiger partial charge in [-0.15, -0.1) is 0 Å². The number of nitro groups is 1. The number of carbonyl (C=O) groups is 1. The summed E-state index contributed by atoms with van der Waals surface area (Å²) < 4.78 is 12.5. The van der Waals surface area contributed by atoms with Crippen LogP contribution in [0.3, 0.4) is 0 Å². The van der Waals surface area contributed by atoms with Crippen molar-refractivity contribution in [2.75, 3.05) is 53.3 Å². The number of hydrogen-bond donors (Lipinski definition) is 1. The molecular weight excluding hydrogens is 659 g/mol. The summed E-state index contributed by atoms with van der Waals surface area (Å²) >= 11 is 13.4. The predicted octanol–water partition coefficient (Wildman–Crippen LogP) is 6.63. The number of nitro benzene ring substituents is 1. The molecule has 0 spiro atoms. The molecule has 1 N–H and O–H groups in total. The number of aryl methyl sites for hydroxylation is 1. The van der Waals surface area contributed by atoms with Crippen LogP contribution in [0.2, 0.25) is 10.0 Å². The van der Waals surface area contributed by atoms with E-state index in [4.69, 9.17) is 32.7 Å². The number of benzene rings is 2. The number of ether oxygens (including phenoxy) is 2. The smallest absolute Gasteiger partial charge is 0.293 e. The first kappa shape index (κ1) is 34.7. The molecule has 1 aliphatic heterocycles. The van der Waals surface area contributed by atoms with Crippen molar-refractivity contribution in [2.45, 2.75) is 26.3 Å². The van der Waals surface area contributed by atoms with Gasteiger partial charge in [-0.1, -0.05) is 35.3 Å². The van der Waals surface area contributed by atoms with E-state index in [0.717, 1.165) is 17.7 Å². The molecule has 0 unspecified atom stereocenters. The highest BCUT2D eigenvalue weighted by molar-refractivity contribution is 6.41. The van der Waals surface area contributed by atoms with Crippen LogP contribution in [0.15, 0.2) is 53.5 Å². The summed E-state index contributed by atoms with van der Waals surface area (Å²) in [6.07, 6.45) is 4.78. The van der Waals surface area contributed by atoms with Gasteiger partial charge in [0.25, 0.3) is 11.2 Å². The Hall–Kier alpha value is -4.65. The highest BCUT2D eigenvalue weighted by Gasteiger charge is 2.24. The predicted molar refractivity (Wildman–Crippen MR) is 189 cm³/mol. The molecule has 2 aromatic carbocycles. The molecule has 252 valence electrons. The van der Waals surface area contributed by atoms with Crippen LogP contribution in [0.1, 0.15) is 25.3 Å². The van der Waals surface area contributed by atoms with Crippen molar-refractivity contribution in [3.05, 3.63) is 84.7 Å². The zero-order valence-electron chi connectivity index (χ0n) is 27.3. The van der Waals surface area contributed by atoms with Gasteiger partial charge in [-0.25, -0.2) is 4.98 Å². The van der Waals surface area contributed by atoms with Crippen LogP contribution in [0.4, 0.5) is 17.2 Å². The standard InChI is InChI=1S/C34H36Cl2N6O6/c1-20(43)40-13-9-21(10-14-40)22-7-8-25(27(16-22)42(45)46)38-30-17-26-23(19-37-30)15-24(34(44)41(26)12-6-11-39(2)3)31-32(35)28(47-4)18-29(48-5)33(31)36/h7-9,15-19H,6,10-14H2,1-5H3,(H,37,38). The summed E-state index contributed by atoms with van der Waals surface area (Å²) in [7, 11) is 6.83. The molecule has 0 bridgehead atoms. The number of carbonyl (C=O) groups excluding carboxylic acids is 1. The number of nitrogens with one attached hydrogen (secondary N) is 1. The lowest BCUT2D eigenvalue weighted by Gasteiger charge is -2.25. The van der Waals surface area contributed by atoms with Gasteiger partial charge >= 0.3 is 0 Å². The SMILES string of the molecule is COc1cc(OC)c(Cl)c(-c2cc3cnc(Nc4ccc(C5=CCN(C(C)=O)CC5)cc4[N+](=O)[O-])cc3n(CCCN(C)C)c2=O)c1Cl. The number of nitrogens with zero attached hydrogens (tertiary/aromatic N) is 5. The van der Waals surface area contributed by atoms with Gasteiger partial charge in [-0.05, 0) is 56.8 Å². The first-order chi connectivity index (χ1) is 22.9. The van der Waals surface area contributed by atoms with Crippen LogP contribution in [-0.2, 0) is 11.3 Å². The van der Waals surface area contributed by atoms with Crippen molar-refractivity contribution in [3.63, 3.8) is 0 Å². The van der Waals surface area contributed by atoms with Crippen LogP contribution in [0.5, 0.6) is 11.5 Å². The Labute approximate surface area is 287 Å². The lowest BCUT2D eigenvalue weighted by molar-refractivity contribution is -0.383. The molecule has 12 nitrogen and oxygen atoms in total. The number of anilines is 2. The topological polar surface area (TPSA) is 132 Å². The molecule has 2 aromatic heterocycles. The van der Waals surface area contributed by atoms with Gasteiger partial charge in [-0.3, -0.25) is 19.7 Å². The third-order valence-corrected chi connectivity index (χ3v) is 9.04. The Morgan fingerprint density at radius 3 is 2.40 bits per heavy atom. The molecule has 4 aromatic rings. The number of fused-ring (bicyclic) bond motifs is 1. The van der Waals surface area contributed by atoms with Crippen molar-refractivity contribution < 1.29 is 19.2 Å². The van der Waals surface area contributed by atoms with Crippen LogP contribution in [0, 0.1) is 10.1 Å². The Kier molecular flexibility index (Phi) is 10.6. The second-order valence-corrected chi connectivity index (χ2v) is 12.4. The van der Waals surface area contributed by atoms with Crippen LogP contribution in [0.25, 0.3) is 27.6 Å². The van der Waals surface area contributed by atoms with Gasteiger partial charge < -0.3 is 29.2 Å². The number of hydrogen-bond acceptors (Lipinski definition) is 9. The molecular formula is C34H36Cl2N6O6. The van der Waals surface area contributed by atoms with Crippen LogP contribution in [-0.4, -0.2) is 78.1 Å². The van der Waals surface area contributed by atoms with Crippen molar-refractivity contribution in [1.29, 1.82) is 0 Å². The molecule has 1 aliphatic rings. The van der Waals surface area contributed by atoms with E-state index in [2.05, 4.69) is 10.3 Å². The fraction of sp³-hybridized carbons (Fsp3) is 0.324. The lowest BCUT2D eigenvalue weighted by atomic mass is 9.98. The summed E-state index contributed by atoms with van der Waals surface area (Å²) in [6, 6.07) is 9.91. The minimum Gasteiger partial charge on any atom is -0.495 e. The highest BCUT2D eigenvalue weighted by atomic mass is 35.5. The second kappa shape index (κ2) is 14.6. The van der Waals surface area contributed by atoms with Gasteiger partial charge in [0.15, 0.2) is 0 Å². The maximum atomic E-state index is 14.2. The molecule has 0 saturated carbocycles. The van der Waals surface area contributed by atoms with E-state index in [-0.39, 0.29) is 44.0 Å². The van der Waals surface area contributed by atoms with E-state index in [1.807, 2.05) is 31.1 Å². The molecule has 0 aliphatic carbocycles. The average Bonchev–Trinajstić information content (AvgIpc) is 3.06. The molecule has 48 heavy (non-hydrogen) atoms. The Morgan fingerprint density at radius 1 is 1.10 bits per heavy atom. The summed E-state index contributed by atoms with van der Waals surface area (Å²) in [6.45, 7) is 3.63. The highest BCUT2D eigenvalue weighted by Crippen LogP contribution is 2.45. The van der Waals surface area contributed by atoms with E-state index in [1.54, 1.807) is 39.9 Å². The molecule has 0 radical (unpaired) electrons. The Bertz CT molecular complexity index is 1970. The molecule has 3 heterocycles. The third kappa shape index (κ3) is 7.10. The summed E-state index contributed by atoms with van der Waals surface area (Å²) in [5, 5.41) is 16.2. The van der Waals surface area contributed by atoms with Crippen molar-refractivity contribution in [2.24, 2.45) is 0 Å². The number of pyridine rings is 2. The number of aromatic nitrogens is 2. The van der Waals surface area contributed by atoms with E-state index >= 15 is 0 Å². The first-order valence-corrected chi connectivity index (χ1v) is 16.0. The van der Waals surface area contributed by atoms with E-state index in [1.165, 1.54) is 27.2 Å². The molecule has 0 saturated heterocycles. The average molecular weight is 696 g/mol. The van der Waals surface area contributed by atoms with Gasteiger partial charge in [0.05, 0.1) is 40.3 Å². The largest absolute Gasteiger partial charge is 0.495 e. The van der Waals surface area contributed by atoms with E-state index in [0.29, 0.717) is 60.7 Å². The maximum Gasteiger partial charge on any atom is 0.293 e. The Balaban J connectivity index is 1.58. The molecule has 1 amide bonds. The zero-order chi connectivity index (χ0) is 34.7. The second-order valence-electron chi connectivity index (χ2n) is 11.6. The quantitative estimate of drug-likeness (QED) is 0.136. The maximum absolute atomic E-state index is 14.2. The summed E-state index contributed by atoms with van der Waals surface area (Å²) in [4.78, 5) is 45.9. The minimum atomic E-state index is -0.447. The Morgan fingerprint density at radius 2 is 1.81 bits per heavy atom. The van der Waals surface area contributed by atoms with Crippen LogP contribution >= 0.6 is 23.2 Å². The first-order valence-electron chi connectivity index (χ1n) is 15.2. The van der Waals surface area contributed by atoms with Gasteiger partial charge in [0, 0.05) is 61.9 Å². The normalized spacial score (nSPS) is 13.1. The van der Waals surface area contributed by atoms with Crippen molar-refractivity contribution in [1.82, 2.24) is 19.4 Å². The van der Waals surface area contributed by atoms with Gasteiger partial charge in [0.1, 0.15) is 23.0 Å². The fourth-order valence-corrected chi connectivity index (χ4v) is 6.46. The number of amides is 1. The van der Waals surface area contributed by atoms with Gasteiger partial charge in [-0.2, -0.15) is 0 Å². The zero-order valence-corrected chi connectivity index (χ0v) is 28.8. The van der Waals surface area contributed by atoms with Crippen LogP contribution < -0.4 is 20.3 Å². The fourth-order valence-electron chi connectivity index (χ4n) is 5.75. The monoisotopic (exact) mass is 694 g/mol. The lowest BCUT2D eigenvalue weighted by Crippen LogP contribution is -2.32. The summed E-state index contributed by atoms with van der Waals surface area (Å²) in [5.74, 6) is 0.912.